The van der Waals surface area contributed by atoms with Gasteiger partial charge in [0.15, 0.2) is 11.5 Å². The van der Waals surface area contributed by atoms with Crippen molar-refractivity contribution in [3.63, 3.8) is 0 Å². The maximum absolute atomic E-state index is 12.9. The third-order valence-electron chi connectivity index (χ3n) is 8.12. The number of ether oxygens (including phenoxy) is 2. The van der Waals surface area contributed by atoms with E-state index in [2.05, 4.69) is 27.7 Å². The number of allylic oxidation sites excluding steroid dienone is 2. The van der Waals surface area contributed by atoms with Gasteiger partial charge in [-0.25, -0.2) is 0 Å². The van der Waals surface area contributed by atoms with Gasteiger partial charge in [0.1, 0.15) is 5.60 Å². The first-order valence-corrected chi connectivity index (χ1v) is 9.93. The normalized spacial score (nSPS) is 41.5. The number of ketones is 2. The van der Waals surface area contributed by atoms with Crippen molar-refractivity contribution in [1.29, 1.82) is 0 Å². The lowest BCUT2D eigenvalue weighted by molar-refractivity contribution is -0.237. The molecule has 4 rings (SSSR count). The third kappa shape index (κ3) is 2.07. The molecule has 1 spiro atoms. The number of rotatable bonds is 1. The summed E-state index contributed by atoms with van der Waals surface area (Å²) in [6.45, 7) is 9.27. The predicted octanol–water partition coefficient (Wildman–Crippen LogP) is 4.34. The number of hydrogen-bond acceptors (Lipinski definition) is 4. The first-order chi connectivity index (χ1) is 12.2. The highest BCUT2D eigenvalue weighted by Crippen LogP contribution is 2.67. The van der Waals surface area contributed by atoms with Crippen LogP contribution in [0, 0.1) is 22.7 Å². The Labute approximate surface area is 156 Å². The Kier molecular flexibility index (Phi) is 3.74. The molecule has 1 aliphatic heterocycles. The van der Waals surface area contributed by atoms with Gasteiger partial charge < -0.3 is 9.47 Å². The van der Waals surface area contributed by atoms with Crippen molar-refractivity contribution in [3.05, 3.63) is 23.2 Å². The molecule has 142 valence electrons. The summed E-state index contributed by atoms with van der Waals surface area (Å²) in [6.07, 6.45) is 7.47. The van der Waals surface area contributed by atoms with Gasteiger partial charge in [-0.3, -0.25) is 9.59 Å². The van der Waals surface area contributed by atoms with Gasteiger partial charge in [0.2, 0.25) is 11.6 Å². The molecule has 4 heteroatoms. The van der Waals surface area contributed by atoms with Crippen molar-refractivity contribution < 1.29 is 19.1 Å². The van der Waals surface area contributed by atoms with Gasteiger partial charge in [-0.05, 0) is 49.9 Å². The zero-order valence-corrected chi connectivity index (χ0v) is 16.6. The molecule has 4 atom stereocenters. The van der Waals surface area contributed by atoms with Crippen LogP contribution in [0.4, 0.5) is 0 Å². The fourth-order valence-electron chi connectivity index (χ4n) is 6.43. The minimum Gasteiger partial charge on any atom is -0.493 e. The number of carbonyl (C=O) groups is 2. The van der Waals surface area contributed by atoms with Crippen LogP contribution in [0.15, 0.2) is 23.2 Å². The van der Waals surface area contributed by atoms with Gasteiger partial charge in [-0.1, -0.05) is 27.7 Å². The number of methoxy groups -OCH3 is 1. The summed E-state index contributed by atoms with van der Waals surface area (Å²) in [5.41, 5.74) is 0.226. The summed E-state index contributed by atoms with van der Waals surface area (Å²) in [5, 5.41) is 0. The molecule has 1 heterocycles. The van der Waals surface area contributed by atoms with Crippen molar-refractivity contribution in [2.75, 3.05) is 7.11 Å². The first kappa shape index (κ1) is 17.8. The van der Waals surface area contributed by atoms with Crippen LogP contribution in [0.1, 0.15) is 66.2 Å². The summed E-state index contributed by atoms with van der Waals surface area (Å²) in [7, 11) is 1.44. The van der Waals surface area contributed by atoms with Crippen LogP contribution in [0.25, 0.3) is 0 Å². The molecular weight excluding hydrogens is 328 g/mol. The SMILES string of the molecule is COC1=CC(=O)C2=C(C[C@]3(C)[C@@H](C)CC[C@@H]4C(C)(C)CCC[C@]43O2)C1=O. The molecular formula is C22H30O4. The predicted molar refractivity (Wildman–Crippen MR) is 98.2 cm³/mol. The largest absolute Gasteiger partial charge is 0.493 e. The Hall–Kier alpha value is -1.58. The van der Waals surface area contributed by atoms with E-state index < -0.39 is 0 Å². The van der Waals surface area contributed by atoms with Crippen LogP contribution in [-0.4, -0.2) is 24.3 Å². The van der Waals surface area contributed by atoms with Crippen LogP contribution in [0.5, 0.6) is 0 Å². The Morgan fingerprint density at radius 1 is 1.15 bits per heavy atom. The molecule has 0 bridgehead atoms. The average Bonchev–Trinajstić information content (AvgIpc) is 2.58. The second kappa shape index (κ2) is 5.46. The molecule has 0 radical (unpaired) electrons. The van der Waals surface area contributed by atoms with Crippen LogP contribution >= 0.6 is 0 Å². The van der Waals surface area contributed by atoms with Crippen molar-refractivity contribution in [2.24, 2.45) is 22.7 Å². The van der Waals surface area contributed by atoms with Crippen LogP contribution in [-0.2, 0) is 19.1 Å². The smallest absolute Gasteiger partial charge is 0.227 e. The van der Waals surface area contributed by atoms with E-state index in [1.165, 1.54) is 19.6 Å². The van der Waals surface area contributed by atoms with E-state index in [0.29, 0.717) is 29.6 Å². The summed E-state index contributed by atoms with van der Waals surface area (Å²) in [6, 6.07) is 0. The minimum atomic E-state index is -0.348. The molecule has 0 saturated heterocycles. The quantitative estimate of drug-likeness (QED) is 0.654. The Morgan fingerprint density at radius 3 is 2.58 bits per heavy atom. The zero-order chi connectivity index (χ0) is 18.9. The molecule has 0 aromatic carbocycles. The molecule has 0 N–H and O–H groups in total. The van der Waals surface area contributed by atoms with Crippen molar-refractivity contribution in [3.8, 4) is 0 Å². The fourth-order valence-corrected chi connectivity index (χ4v) is 6.43. The van der Waals surface area contributed by atoms with Gasteiger partial charge in [0.25, 0.3) is 0 Å². The van der Waals surface area contributed by atoms with E-state index in [4.69, 9.17) is 9.47 Å². The number of Topliss-reactive ketones (excluding diaryl/α,β-unsaturated/α-hetero) is 1. The van der Waals surface area contributed by atoms with E-state index in [9.17, 15) is 9.59 Å². The Bertz CT molecular complexity index is 743. The van der Waals surface area contributed by atoms with Gasteiger partial charge in [-0.2, -0.15) is 0 Å². The second-order valence-corrected chi connectivity index (χ2v) is 9.67. The van der Waals surface area contributed by atoms with Gasteiger partial charge in [0.05, 0.1) is 12.7 Å². The summed E-state index contributed by atoms with van der Waals surface area (Å²) < 4.78 is 11.8. The molecule has 4 nitrogen and oxygen atoms in total. The van der Waals surface area contributed by atoms with E-state index in [1.807, 2.05) is 0 Å². The van der Waals surface area contributed by atoms with E-state index in [1.54, 1.807) is 0 Å². The molecule has 0 aromatic heterocycles. The summed E-state index contributed by atoms with van der Waals surface area (Å²) in [5.74, 6) is 0.901. The maximum atomic E-state index is 12.9. The van der Waals surface area contributed by atoms with Crippen molar-refractivity contribution in [1.82, 2.24) is 0 Å². The molecule has 4 aliphatic rings. The maximum Gasteiger partial charge on any atom is 0.227 e. The third-order valence-corrected chi connectivity index (χ3v) is 8.12. The van der Waals surface area contributed by atoms with E-state index in [0.717, 1.165) is 25.7 Å². The topological polar surface area (TPSA) is 52.6 Å². The van der Waals surface area contributed by atoms with Gasteiger partial charge in [-0.15, -0.1) is 0 Å². The van der Waals surface area contributed by atoms with Crippen LogP contribution in [0.3, 0.4) is 0 Å². The highest BCUT2D eigenvalue weighted by molar-refractivity contribution is 6.21. The summed E-state index contributed by atoms with van der Waals surface area (Å²) in [4.78, 5) is 25.6. The van der Waals surface area contributed by atoms with Crippen LogP contribution in [0.2, 0.25) is 0 Å². The standard InChI is InChI=1S/C22H30O4/c1-13-7-8-17-20(2,3)9-6-10-22(17)21(13,4)12-14-18(24)16(25-5)11-15(23)19(14)26-22/h11,13,17H,6-10,12H2,1-5H3/t13-,17+,21+,22-/m0/s1. The zero-order valence-electron chi connectivity index (χ0n) is 16.6. The average molecular weight is 358 g/mol. The first-order valence-electron chi connectivity index (χ1n) is 9.93. The van der Waals surface area contributed by atoms with Gasteiger partial charge in [0, 0.05) is 17.4 Å². The molecule has 2 saturated carbocycles. The molecule has 2 fully saturated rings. The lowest BCUT2D eigenvalue weighted by Crippen LogP contribution is -2.66. The fraction of sp³-hybridized carbons (Fsp3) is 0.727. The lowest BCUT2D eigenvalue weighted by atomic mass is 9.44. The molecule has 3 aliphatic carbocycles. The lowest BCUT2D eigenvalue weighted by Gasteiger charge is -2.66. The highest BCUT2D eigenvalue weighted by Gasteiger charge is 2.67. The molecule has 0 unspecified atom stereocenters. The molecule has 0 aromatic rings. The minimum absolute atomic E-state index is 0.140. The van der Waals surface area contributed by atoms with E-state index in [-0.39, 0.29) is 33.8 Å². The van der Waals surface area contributed by atoms with E-state index >= 15 is 0 Å². The Balaban J connectivity index is 1.87. The van der Waals surface area contributed by atoms with Gasteiger partial charge >= 0.3 is 0 Å². The van der Waals surface area contributed by atoms with Crippen molar-refractivity contribution in [2.45, 2.75) is 71.8 Å². The number of hydrogen-bond donors (Lipinski definition) is 0. The second-order valence-electron chi connectivity index (χ2n) is 9.67. The monoisotopic (exact) mass is 358 g/mol. The molecule has 0 amide bonds. The van der Waals surface area contributed by atoms with Crippen molar-refractivity contribution >= 4 is 11.6 Å². The molecule has 26 heavy (non-hydrogen) atoms. The number of carbonyl (C=O) groups excluding carboxylic acids is 2. The Morgan fingerprint density at radius 2 is 1.88 bits per heavy atom. The van der Waals surface area contributed by atoms with Crippen LogP contribution < -0.4 is 0 Å². The highest BCUT2D eigenvalue weighted by atomic mass is 16.5. The summed E-state index contributed by atoms with van der Waals surface area (Å²) >= 11 is 0.